The van der Waals surface area contributed by atoms with Crippen LogP contribution >= 0.6 is 0 Å². The number of rotatable bonds is 13. The highest BCUT2D eigenvalue weighted by Gasteiger charge is 2.53. The number of fused-ring (bicyclic) bond motifs is 12. The zero-order valence-corrected chi connectivity index (χ0v) is 69.3. The smallest absolute Gasteiger partial charge is 0.136 e. The molecule has 0 saturated heterocycles. The molecule has 9 aliphatic rings. The van der Waals surface area contributed by atoms with Crippen LogP contribution in [0.4, 0.5) is 0 Å². The fraction of sp³-hybridized carbons (Fsp3) is 0.297. The lowest BCUT2D eigenvalue weighted by Gasteiger charge is -2.38. The lowest BCUT2D eigenvalue weighted by atomic mass is 9.64. The normalized spacial score (nSPS) is 19.0. The number of hydrogen-bond donors (Lipinski definition) is 0. The van der Waals surface area contributed by atoms with Crippen molar-refractivity contribution in [2.45, 2.75) is 189 Å². The molecule has 3 atom stereocenters. The minimum atomic E-state index is -0.228. The summed E-state index contributed by atoms with van der Waals surface area (Å²) in [5.74, 6) is 8.34. The van der Waals surface area contributed by atoms with Crippen LogP contribution in [0.2, 0.25) is 0 Å². The fourth-order valence-corrected chi connectivity index (χ4v) is 23.6. The van der Waals surface area contributed by atoms with Crippen LogP contribution in [-0.4, -0.2) is 0 Å². The van der Waals surface area contributed by atoms with Crippen molar-refractivity contribution in [1.82, 2.24) is 0 Å². The van der Waals surface area contributed by atoms with Gasteiger partial charge in [0.25, 0.3) is 0 Å². The van der Waals surface area contributed by atoms with Gasteiger partial charge in [0.1, 0.15) is 34.5 Å². The molecule has 0 fully saturated rings. The summed E-state index contributed by atoms with van der Waals surface area (Å²) in [6, 6.07) is 72.3. The third-order valence-electron chi connectivity index (χ3n) is 28.7. The second kappa shape index (κ2) is 26.9. The van der Waals surface area contributed by atoms with Crippen LogP contribution in [0.3, 0.4) is 0 Å². The summed E-state index contributed by atoms with van der Waals surface area (Å²) in [6.07, 6.45) is 28.0. The van der Waals surface area contributed by atoms with E-state index in [0.29, 0.717) is 23.7 Å². The standard InChI is InChI=1S/C42H40O.C40H44O.C29H22O/c1-5-26(6-2)30-22-31(27(7-3)8-4)25-42(24-30)35-21-20-29-16-12-19-36-38(29)39(35)40-37(43-36)23-34-32(28-14-10-9-11-15-28)17-13-18-33(34)41(40)42;1-8-24(9-2)27-20-28(25(10-3)11-4)23-40(22-27)32-19-18-26-14-12-17-33-35(26)36(32)37-34(41-33)21-30-29(38(37)40)15-13-16-31(30)39(5,6)7;1-16-12-17(2)15-29(14-16)22-11-10-19-7-5-9-23-25(19)26(22)27-24(30-23)13-21-18(3)6-4-8-20(21)28(27)29/h9-24,26-27H,5-8,25H2,1-4H3;12-22,24-25H,8-11,23H2,1-7H3;4-14H,15H2,1-3H3. The van der Waals surface area contributed by atoms with Crippen LogP contribution in [0.5, 0.6) is 34.5 Å². The Bertz CT molecular complexity index is 6490. The van der Waals surface area contributed by atoms with Gasteiger partial charge >= 0.3 is 0 Å². The van der Waals surface area contributed by atoms with Crippen molar-refractivity contribution in [3.05, 3.63) is 309 Å². The molecule has 0 aromatic heterocycles. The Balaban J connectivity index is 0.000000113. The summed E-state index contributed by atoms with van der Waals surface area (Å²) < 4.78 is 20.3. The van der Waals surface area contributed by atoms with Crippen LogP contribution < -0.4 is 14.2 Å². The molecule has 13 aromatic rings. The van der Waals surface area contributed by atoms with Crippen LogP contribution in [0, 0.1) is 30.6 Å². The van der Waals surface area contributed by atoms with E-state index in [1.165, 1.54) is 209 Å². The molecule has 3 nitrogen and oxygen atoms in total. The number of allylic oxidation sites excluding steroid dienone is 12. The Morgan fingerprint density at radius 3 is 1.17 bits per heavy atom. The third kappa shape index (κ3) is 10.4. The first-order valence-electron chi connectivity index (χ1n) is 43.2. The van der Waals surface area contributed by atoms with Gasteiger partial charge in [0.15, 0.2) is 0 Å². The Hall–Kier alpha value is -10.7. The van der Waals surface area contributed by atoms with E-state index in [1.807, 2.05) is 0 Å². The summed E-state index contributed by atoms with van der Waals surface area (Å²) in [5, 5.41) is 15.7. The SMILES string of the molecule is CC1=CC2(CC(C)=C1)c1ccc3cccc4c3c1-c1c(cc3c(C)cccc3c12)O4.CCC(CC)C1=CC2(CC(C(CC)CC)=C1)c1ccc3cccc4c3c1-c1c(cc3c(-c5ccccc5)cccc3c12)O4.CCC(CC)C1=CC2(CC(C(CC)CC)=C1)c1ccc3cccc4c3c1-c1c(cc3c(C(C)(C)C)cccc3c12)O4. The monoisotopic (exact) mass is 1490 g/mol. The van der Waals surface area contributed by atoms with E-state index in [-0.39, 0.29) is 21.7 Å². The van der Waals surface area contributed by atoms with Crippen molar-refractivity contribution in [3.63, 3.8) is 0 Å². The summed E-state index contributed by atoms with van der Waals surface area (Å²) in [4.78, 5) is 0. The van der Waals surface area contributed by atoms with Gasteiger partial charge in [-0.2, -0.15) is 0 Å². The second-order valence-electron chi connectivity index (χ2n) is 35.9. The summed E-state index contributed by atoms with van der Waals surface area (Å²) in [6.45, 7) is 32.7. The second-order valence-corrected chi connectivity index (χ2v) is 35.9. The van der Waals surface area contributed by atoms with Crippen LogP contribution in [0.15, 0.2) is 264 Å². The van der Waals surface area contributed by atoms with Gasteiger partial charge in [-0.05, 0) is 272 Å². The predicted molar refractivity (Wildman–Crippen MR) is 482 cm³/mol. The van der Waals surface area contributed by atoms with Gasteiger partial charge in [-0.15, -0.1) is 0 Å². The Kier molecular flexibility index (Phi) is 17.1. The Morgan fingerprint density at radius 1 is 0.333 bits per heavy atom. The molecule has 568 valence electrons. The lowest BCUT2D eigenvalue weighted by Crippen LogP contribution is -2.29. The van der Waals surface area contributed by atoms with Gasteiger partial charge in [-0.3, -0.25) is 0 Å². The van der Waals surface area contributed by atoms with Crippen molar-refractivity contribution < 1.29 is 14.2 Å². The Morgan fingerprint density at radius 2 is 0.728 bits per heavy atom. The highest BCUT2D eigenvalue weighted by molar-refractivity contribution is 6.18. The minimum Gasteiger partial charge on any atom is -0.456 e. The molecule has 0 bridgehead atoms. The molecule has 114 heavy (non-hydrogen) atoms. The van der Waals surface area contributed by atoms with Gasteiger partial charge in [-0.1, -0.05) is 293 Å². The highest BCUT2D eigenvalue weighted by atomic mass is 16.5. The average molecular weight is 1490 g/mol. The molecule has 3 aliphatic heterocycles. The first kappa shape index (κ1) is 72.2. The van der Waals surface area contributed by atoms with E-state index < -0.39 is 0 Å². The molecule has 13 aromatic carbocycles. The first-order valence-corrected chi connectivity index (χ1v) is 43.2. The minimum absolute atomic E-state index is 0.0303. The highest BCUT2D eigenvalue weighted by Crippen LogP contribution is 2.69. The van der Waals surface area contributed by atoms with E-state index in [9.17, 15) is 0 Å². The molecule has 3 heteroatoms. The maximum Gasteiger partial charge on any atom is 0.136 e. The topological polar surface area (TPSA) is 27.7 Å². The maximum atomic E-state index is 6.89. The number of benzene rings is 13. The van der Waals surface area contributed by atoms with E-state index >= 15 is 0 Å². The largest absolute Gasteiger partial charge is 0.456 e. The predicted octanol–water partition coefficient (Wildman–Crippen LogP) is 31.9. The fourth-order valence-electron chi connectivity index (χ4n) is 23.6. The van der Waals surface area contributed by atoms with Crippen LogP contribution in [0.25, 0.3) is 109 Å². The molecular weight excluding hydrogens is 1380 g/mol. The molecule has 6 aliphatic carbocycles. The maximum absolute atomic E-state index is 6.89. The van der Waals surface area contributed by atoms with Gasteiger partial charge < -0.3 is 14.2 Å². The lowest BCUT2D eigenvalue weighted by molar-refractivity contribution is 0.484. The van der Waals surface area contributed by atoms with Gasteiger partial charge in [0, 0.05) is 65.8 Å². The van der Waals surface area contributed by atoms with Crippen molar-refractivity contribution in [3.8, 4) is 79.0 Å². The molecule has 0 amide bonds. The van der Waals surface area contributed by atoms with E-state index in [2.05, 4.69) is 328 Å². The molecule has 22 rings (SSSR count). The number of hydrogen-bond acceptors (Lipinski definition) is 3. The third-order valence-corrected chi connectivity index (χ3v) is 28.7. The number of ether oxygens (including phenoxy) is 3. The summed E-state index contributed by atoms with van der Waals surface area (Å²) in [7, 11) is 0. The molecule has 0 N–H and O–H groups in total. The quantitative estimate of drug-likeness (QED) is 0.115. The van der Waals surface area contributed by atoms with Gasteiger partial charge in [0.2, 0.25) is 0 Å². The Labute approximate surface area is 674 Å². The molecule has 3 heterocycles. The first-order chi connectivity index (χ1) is 55.4. The molecular formula is C111H106O3. The molecule has 3 spiro atoms. The van der Waals surface area contributed by atoms with Gasteiger partial charge in [-0.25, -0.2) is 0 Å². The summed E-state index contributed by atoms with van der Waals surface area (Å²) >= 11 is 0. The van der Waals surface area contributed by atoms with Crippen molar-refractivity contribution in [1.29, 1.82) is 0 Å². The molecule has 0 saturated carbocycles. The van der Waals surface area contributed by atoms with Crippen LogP contribution in [-0.2, 0) is 21.7 Å². The zero-order valence-electron chi connectivity index (χ0n) is 69.3. The van der Waals surface area contributed by atoms with Crippen LogP contribution in [0.1, 0.15) is 205 Å². The molecule has 0 radical (unpaired) electrons. The van der Waals surface area contributed by atoms with Crippen molar-refractivity contribution in [2.24, 2.45) is 23.7 Å². The zero-order chi connectivity index (χ0) is 78.2. The van der Waals surface area contributed by atoms with Crippen molar-refractivity contribution in [2.75, 3.05) is 0 Å². The summed E-state index contributed by atoms with van der Waals surface area (Å²) in [5.41, 5.74) is 30.7. The van der Waals surface area contributed by atoms with E-state index in [4.69, 9.17) is 14.2 Å². The van der Waals surface area contributed by atoms with Crippen molar-refractivity contribution >= 4 is 64.6 Å². The van der Waals surface area contributed by atoms with E-state index in [1.54, 1.807) is 16.7 Å². The van der Waals surface area contributed by atoms with E-state index in [0.717, 1.165) is 66.6 Å². The average Bonchev–Trinajstić information content (AvgIpc) is 1.52. The number of aryl methyl sites for hydroxylation is 1. The van der Waals surface area contributed by atoms with Gasteiger partial charge in [0.05, 0.1) is 0 Å². The molecule has 3 unspecified atom stereocenters.